The molecule has 2 aliphatic heterocycles. The Morgan fingerprint density at radius 3 is 2.52 bits per heavy atom. The minimum atomic E-state index is -0.173. The first-order valence-electron chi connectivity index (χ1n) is 11.1. The van der Waals surface area contributed by atoms with E-state index in [4.69, 9.17) is 21.1 Å². The molecule has 0 aromatic rings. The Labute approximate surface area is 196 Å². The van der Waals surface area contributed by atoms with Crippen LogP contribution < -0.4 is 10.6 Å². The van der Waals surface area contributed by atoms with Crippen molar-refractivity contribution in [2.24, 2.45) is 11.8 Å². The largest absolute Gasteiger partial charge is 0.379 e. The summed E-state index contributed by atoms with van der Waals surface area (Å²) in [7, 11) is 0. The zero-order valence-corrected chi connectivity index (χ0v) is 19.2. The van der Waals surface area contributed by atoms with Crippen LogP contribution in [0.1, 0.15) is 58.8 Å². The van der Waals surface area contributed by atoms with Gasteiger partial charge in [0.2, 0.25) is 17.7 Å². The van der Waals surface area contributed by atoms with Gasteiger partial charge >= 0.3 is 0 Å². The van der Waals surface area contributed by atoms with Crippen molar-refractivity contribution in [2.45, 2.75) is 64.0 Å². The summed E-state index contributed by atoms with van der Waals surface area (Å²) in [5.41, 5.74) is 0. The molecule has 2 fully saturated rings. The highest BCUT2D eigenvalue weighted by molar-refractivity contribution is 8.00. The molecule has 2 N–H and O–H groups in total. The summed E-state index contributed by atoms with van der Waals surface area (Å²) in [6.45, 7) is 2.85. The maximum Gasteiger partial charge on any atom is 0.231 e. The number of unbranched alkanes of at least 4 members (excludes halogenated alkanes) is 4. The first-order chi connectivity index (χ1) is 14.6. The Bertz CT molecular complexity index is 552. The zero-order chi connectivity index (χ0) is 21.6. The highest BCUT2D eigenvalue weighted by atomic mass is 35.5. The fourth-order valence-corrected chi connectivity index (χ4v) is 5.66. The smallest absolute Gasteiger partial charge is 0.231 e. The average Bonchev–Trinajstić information content (AvgIpc) is 3.27. The van der Waals surface area contributed by atoms with Gasteiger partial charge in [0.05, 0.1) is 31.7 Å². The Balaban J connectivity index is 0.00000480. The molecule has 0 radical (unpaired) electrons. The van der Waals surface area contributed by atoms with Crippen molar-refractivity contribution in [1.82, 2.24) is 10.6 Å². The number of alkyl halides is 1. The van der Waals surface area contributed by atoms with Crippen molar-refractivity contribution in [3.05, 3.63) is 0 Å². The number of hydrogen-bond acceptors (Lipinski definition) is 6. The lowest BCUT2D eigenvalue weighted by Gasteiger charge is -2.14. The van der Waals surface area contributed by atoms with Gasteiger partial charge in [0, 0.05) is 36.5 Å². The minimum absolute atomic E-state index is 0. The van der Waals surface area contributed by atoms with Crippen LogP contribution in [0.3, 0.4) is 0 Å². The molecule has 2 rings (SSSR count). The molecule has 180 valence electrons. The fourth-order valence-electron chi connectivity index (χ4n) is 3.80. The Morgan fingerprint density at radius 1 is 1.00 bits per heavy atom. The number of ether oxygens (including phenoxy) is 2. The van der Waals surface area contributed by atoms with E-state index in [9.17, 15) is 14.4 Å². The van der Waals surface area contributed by atoms with Crippen LogP contribution in [0.5, 0.6) is 0 Å². The van der Waals surface area contributed by atoms with Gasteiger partial charge in [-0.05, 0) is 25.7 Å². The van der Waals surface area contributed by atoms with E-state index in [0.717, 1.165) is 63.2 Å². The van der Waals surface area contributed by atoms with Crippen molar-refractivity contribution < 1.29 is 23.9 Å². The summed E-state index contributed by atoms with van der Waals surface area (Å²) in [5, 5.41) is 5.50. The molecule has 9 heteroatoms. The second kappa shape index (κ2) is 16.8. The number of carbonyl (C=O) groups excluding carboxylic acids is 3. The topological polar surface area (TPSA) is 93.7 Å². The highest BCUT2D eigenvalue weighted by Crippen LogP contribution is 2.42. The standard InChI is InChI=1S/C21H35ClN2O5S.CH4/c22-9-5-1-2-6-11-28-13-14-29-12-10-23-18(25)8-4-3-7-17-19-16(15-30-17)20(26)24-21(19)27;/h16-17,19H,1-15H2,(H,23,25)(H,24,26,27);1H4/t16-,17-,19-;/m0./s1. The zero-order valence-electron chi connectivity index (χ0n) is 17.7. The third-order valence-electron chi connectivity index (χ3n) is 5.47. The van der Waals surface area contributed by atoms with E-state index in [2.05, 4.69) is 10.6 Å². The van der Waals surface area contributed by atoms with Gasteiger partial charge in [-0.25, -0.2) is 0 Å². The van der Waals surface area contributed by atoms with E-state index in [-0.39, 0.29) is 42.2 Å². The maximum absolute atomic E-state index is 11.9. The summed E-state index contributed by atoms with van der Waals surface area (Å²) in [6, 6.07) is 0. The average molecular weight is 479 g/mol. The van der Waals surface area contributed by atoms with Gasteiger partial charge in [-0.2, -0.15) is 11.8 Å². The van der Waals surface area contributed by atoms with E-state index in [1.807, 2.05) is 0 Å². The maximum atomic E-state index is 11.9. The predicted octanol–water partition coefficient (Wildman–Crippen LogP) is 3.14. The van der Waals surface area contributed by atoms with E-state index in [0.29, 0.717) is 32.8 Å². The van der Waals surface area contributed by atoms with Crippen molar-refractivity contribution in [2.75, 3.05) is 44.6 Å². The number of nitrogens with one attached hydrogen (secondary N) is 2. The summed E-state index contributed by atoms with van der Waals surface area (Å²) < 4.78 is 11.0. The van der Waals surface area contributed by atoms with Crippen LogP contribution >= 0.6 is 23.4 Å². The van der Waals surface area contributed by atoms with E-state index in [1.165, 1.54) is 0 Å². The van der Waals surface area contributed by atoms with E-state index < -0.39 is 0 Å². The molecule has 2 saturated heterocycles. The summed E-state index contributed by atoms with van der Waals surface area (Å²) in [4.78, 5) is 35.4. The molecule has 0 spiro atoms. The number of hydrogen-bond donors (Lipinski definition) is 2. The molecule has 0 aliphatic carbocycles. The third-order valence-corrected chi connectivity index (χ3v) is 7.24. The molecule has 2 heterocycles. The van der Waals surface area contributed by atoms with Crippen molar-refractivity contribution >= 4 is 41.1 Å². The van der Waals surface area contributed by atoms with Crippen LogP contribution in [0.2, 0.25) is 0 Å². The molecule has 2 aliphatic rings. The third kappa shape index (κ3) is 10.6. The fraction of sp³-hybridized carbons (Fsp3) is 0.864. The molecule has 7 nitrogen and oxygen atoms in total. The van der Waals surface area contributed by atoms with Gasteiger partial charge in [0.1, 0.15) is 0 Å². The molecular formula is C22H39ClN2O5S. The van der Waals surface area contributed by atoms with Crippen LogP contribution in [0.25, 0.3) is 0 Å². The number of amides is 3. The van der Waals surface area contributed by atoms with Crippen molar-refractivity contribution in [3.8, 4) is 0 Å². The van der Waals surface area contributed by atoms with Gasteiger partial charge in [-0.3, -0.25) is 19.7 Å². The molecule has 3 amide bonds. The van der Waals surface area contributed by atoms with Crippen LogP contribution in [0, 0.1) is 11.8 Å². The first kappa shape index (κ1) is 28.2. The van der Waals surface area contributed by atoms with Gasteiger partial charge in [0.15, 0.2) is 0 Å². The Hall–Kier alpha value is -0.830. The number of rotatable bonds is 17. The summed E-state index contributed by atoms with van der Waals surface area (Å²) >= 11 is 7.35. The van der Waals surface area contributed by atoms with Crippen LogP contribution in [-0.4, -0.2) is 67.6 Å². The molecule has 0 unspecified atom stereocenters. The van der Waals surface area contributed by atoms with Gasteiger partial charge < -0.3 is 14.8 Å². The quantitative estimate of drug-likeness (QED) is 0.189. The van der Waals surface area contributed by atoms with Crippen LogP contribution in [0.15, 0.2) is 0 Å². The first-order valence-corrected chi connectivity index (χ1v) is 12.7. The van der Waals surface area contributed by atoms with E-state index in [1.54, 1.807) is 11.8 Å². The number of carbonyl (C=O) groups is 3. The number of imide groups is 1. The normalized spacial score (nSPS) is 22.2. The second-order valence-electron chi connectivity index (χ2n) is 7.78. The summed E-state index contributed by atoms with van der Waals surface area (Å²) in [6.07, 6.45) is 7.44. The van der Waals surface area contributed by atoms with Crippen LogP contribution in [0.4, 0.5) is 0 Å². The van der Waals surface area contributed by atoms with Gasteiger partial charge in [-0.15, -0.1) is 11.6 Å². The molecular weight excluding hydrogens is 440 g/mol. The van der Waals surface area contributed by atoms with Gasteiger partial charge in [0.25, 0.3) is 0 Å². The lowest BCUT2D eigenvalue weighted by Crippen LogP contribution is -2.28. The molecule has 0 saturated carbocycles. The summed E-state index contributed by atoms with van der Waals surface area (Å²) in [5.74, 6) is 0.923. The molecule has 0 bridgehead atoms. The number of thioether (sulfide) groups is 1. The molecule has 0 aromatic heterocycles. The Kier molecular flexibility index (Phi) is 15.2. The second-order valence-corrected chi connectivity index (χ2v) is 9.43. The molecule has 0 aromatic carbocycles. The van der Waals surface area contributed by atoms with Gasteiger partial charge in [-0.1, -0.05) is 26.7 Å². The molecule has 31 heavy (non-hydrogen) atoms. The highest BCUT2D eigenvalue weighted by Gasteiger charge is 2.50. The molecule has 3 atom stereocenters. The van der Waals surface area contributed by atoms with Crippen LogP contribution in [-0.2, 0) is 23.9 Å². The monoisotopic (exact) mass is 478 g/mol. The lowest BCUT2D eigenvalue weighted by molar-refractivity contribution is -0.126. The van der Waals surface area contributed by atoms with E-state index >= 15 is 0 Å². The minimum Gasteiger partial charge on any atom is -0.379 e. The SMILES string of the molecule is C.O=C(CCCC[C@@H]1SC[C@@H]2C(=O)NC(=O)[C@H]12)NCCOCCOCCCCCCCl. The number of halogens is 1. The number of fused-ring (bicyclic) bond motifs is 1. The van der Waals surface area contributed by atoms with Crippen molar-refractivity contribution in [3.63, 3.8) is 0 Å². The Morgan fingerprint density at radius 2 is 1.74 bits per heavy atom. The lowest BCUT2D eigenvalue weighted by atomic mass is 9.91. The van der Waals surface area contributed by atoms with Crippen molar-refractivity contribution in [1.29, 1.82) is 0 Å². The predicted molar refractivity (Wildman–Crippen MR) is 125 cm³/mol.